The van der Waals surface area contributed by atoms with Crippen LogP contribution in [0.15, 0.2) is 18.3 Å². The molecule has 4 heterocycles. The van der Waals surface area contributed by atoms with Crippen LogP contribution in [0.5, 0.6) is 0 Å². The summed E-state index contributed by atoms with van der Waals surface area (Å²) in [5.41, 5.74) is -1.58. The molecule has 32 heavy (non-hydrogen) atoms. The van der Waals surface area contributed by atoms with E-state index in [9.17, 15) is 23.1 Å². The zero-order valence-electron chi connectivity index (χ0n) is 17.7. The number of aryl methyl sites for hydroxylation is 1. The summed E-state index contributed by atoms with van der Waals surface area (Å²) in [6.45, 7) is 3.69. The molecule has 1 unspecified atom stereocenters. The molecule has 2 aliphatic heterocycles. The highest BCUT2D eigenvalue weighted by Crippen LogP contribution is 2.44. The molecular weight excluding hydrogens is 431 g/mol. The van der Waals surface area contributed by atoms with E-state index in [1.165, 1.54) is 0 Å². The molecule has 1 amide bonds. The predicted molar refractivity (Wildman–Crippen MR) is 105 cm³/mol. The van der Waals surface area contributed by atoms with E-state index in [-0.39, 0.29) is 13.1 Å². The van der Waals surface area contributed by atoms with Gasteiger partial charge in [-0.25, -0.2) is 4.98 Å². The Morgan fingerprint density at radius 2 is 2.03 bits per heavy atom. The molecule has 13 heteroatoms. The van der Waals surface area contributed by atoms with E-state index in [0.29, 0.717) is 23.3 Å². The number of alkyl halides is 3. The number of fused-ring (bicyclic) bond motifs is 1. The third-order valence-electron chi connectivity index (χ3n) is 6.00. The number of hydrogen-bond acceptors (Lipinski definition) is 8. The summed E-state index contributed by atoms with van der Waals surface area (Å²) >= 11 is 0. The van der Waals surface area contributed by atoms with Crippen LogP contribution in [0.2, 0.25) is 0 Å². The number of hydrogen-bond donors (Lipinski definition) is 2. The molecule has 2 saturated heterocycles. The average Bonchev–Trinajstić information content (AvgIpc) is 3.35. The molecule has 2 aromatic heterocycles. The van der Waals surface area contributed by atoms with Gasteiger partial charge in [-0.05, 0) is 20.8 Å². The van der Waals surface area contributed by atoms with Crippen molar-refractivity contribution in [3.8, 4) is 0 Å². The van der Waals surface area contributed by atoms with Gasteiger partial charge in [0.05, 0.1) is 29.9 Å². The number of carbonyl (C=O) groups is 1. The largest absolute Gasteiger partial charge is 0.530 e. The Bertz CT molecular complexity index is 983. The van der Waals surface area contributed by atoms with Crippen molar-refractivity contribution >= 4 is 23.7 Å². The van der Waals surface area contributed by atoms with E-state index in [2.05, 4.69) is 25.5 Å². The predicted octanol–water partition coefficient (Wildman–Crippen LogP) is 1.44. The normalized spacial score (nSPS) is 23.9. The second-order valence-corrected chi connectivity index (χ2v) is 8.56. The number of morpholine rings is 1. The number of halogens is 3. The number of anilines is 3. The van der Waals surface area contributed by atoms with Gasteiger partial charge in [-0.15, -0.1) is 0 Å². The summed E-state index contributed by atoms with van der Waals surface area (Å²) in [5.74, 6) is 1.42. The lowest BCUT2D eigenvalue weighted by atomic mass is 9.84. The molecule has 0 saturated carbocycles. The van der Waals surface area contributed by atoms with Crippen molar-refractivity contribution in [3.05, 3.63) is 24.0 Å². The molecule has 2 fully saturated rings. The van der Waals surface area contributed by atoms with E-state index in [4.69, 9.17) is 4.74 Å². The topological polar surface area (TPSA) is 122 Å². The molecule has 2 aliphatic rings. The quantitative estimate of drug-likeness (QED) is 0.712. The van der Waals surface area contributed by atoms with E-state index in [1.807, 2.05) is 0 Å². The summed E-state index contributed by atoms with van der Waals surface area (Å²) in [5, 5.41) is 21.4. The zero-order chi connectivity index (χ0) is 23.3. The second kappa shape index (κ2) is 7.80. The fourth-order valence-electron chi connectivity index (χ4n) is 3.93. The summed E-state index contributed by atoms with van der Waals surface area (Å²) in [7, 11) is 0. The summed E-state index contributed by atoms with van der Waals surface area (Å²) < 4.78 is 46.5. The maximum atomic E-state index is 13.6. The highest BCUT2D eigenvalue weighted by atomic mass is 19.4. The molecule has 4 rings (SSSR count). The Morgan fingerprint density at radius 3 is 2.66 bits per heavy atom. The first kappa shape index (κ1) is 22.1. The Kier molecular flexibility index (Phi) is 5.39. The fourth-order valence-corrected chi connectivity index (χ4v) is 3.93. The lowest BCUT2D eigenvalue weighted by molar-refractivity contribution is -0.293. The lowest BCUT2D eigenvalue weighted by Crippen LogP contribution is -2.63. The van der Waals surface area contributed by atoms with E-state index < -0.39 is 42.5 Å². The number of ether oxygens (including phenoxy) is 1. The highest BCUT2D eigenvalue weighted by Gasteiger charge is 2.57. The third-order valence-corrected chi connectivity index (χ3v) is 6.00. The monoisotopic (exact) mass is 454 g/mol. The number of amides is 1. The van der Waals surface area contributed by atoms with Crippen LogP contribution in [0.1, 0.15) is 19.5 Å². The van der Waals surface area contributed by atoms with Crippen molar-refractivity contribution in [2.75, 3.05) is 29.9 Å². The van der Waals surface area contributed by atoms with Crippen LogP contribution in [-0.4, -0.2) is 75.2 Å². The Morgan fingerprint density at radius 1 is 1.28 bits per heavy atom. The van der Waals surface area contributed by atoms with Gasteiger partial charge in [-0.3, -0.25) is 5.10 Å². The standard InChI is InChI=1S/C19H24F3N7O3/c1-10-6-15(25-14-4-5-23-27-14)26-16(24-10)28-7-11-12(8-28)32-13(9-29(11)17(30)31)18(2,3)19(20,21)22/h4-6,11-13H,7-9H2,1-3H3,(H,30,31)(H2,23,24,25,26,27)/p-1/t11-,12-,13?/m1/s1. The minimum absolute atomic E-state index is 0.145. The van der Waals surface area contributed by atoms with Gasteiger partial charge in [0.1, 0.15) is 17.7 Å². The molecule has 0 bridgehead atoms. The average molecular weight is 454 g/mol. The van der Waals surface area contributed by atoms with Crippen LogP contribution in [-0.2, 0) is 4.74 Å². The first-order chi connectivity index (χ1) is 15.0. The van der Waals surface area contributed by atoms with Crippen LogP contribution < -0.4 is 15.3 Å². The van der Waals surface area contributed by atoms with Crippen molar-refractivity contribution in [1.82, 2.24) is 25.1 Å². The van der Waals surface area contributed by atoms with Gasteiger partial charge >= 0.3 is 6.18 Å². The number of aromatic nitrogens is 4. The number of rotatable bonds is 4. The summed E-state index contributed by atoms with van der Waals surface area (Å²) in [4.78, 5) is 23.3. The van der Waals surface area contributed by atoms with Gasteiger partial charge in [0.2, 0.25) is 5.95 Å². The highest BCUT2D eigenvalue weighted by molar-refractivity contribution is 5.64. The van der Waals surface area contributed by atoms with Gasteiger partial charge in [0, 0.05) is 37.5 Å². The van der Waals surface area contributed by atoms with Gasteiger partial charge in [-0.2, -0.15) is 23.3 Å². The maximum absolute atomic E-state index is 13.6. The maximum Gasteiger partial charge on any atom is 0.396 e. The Labute approximate surface area is 181 Å². The molecule has 3 atom stereocenters. The first-order valence-corrected chi connectivity index (χ1v) is 10.0. The van der Waals surface area contributed by atoms with E-state index in [1.54, 1.807) is 30.2 Å². The number of nitrogens with zero attached hydrogens (tertiary/aromatic N) is 5. The van der Waals surface area contributed by atoms with Crippen LogP contribution >= 0.6 is 0 Å². The van der Waals surface area contributed by atoms with Gasteiger partial charge in [-0.1, -0.05) is 0 Å². The number of H-pyrrole nitrogens is 1. The molecule has 2 aromatic rings. The second-order valence-electron chi connectivity index (χ2n) is 8.56. The first-order valence-electron chi connectivity index (χ1n) is 10.0. The van der Waals surface area contributed by atoms with Crippen molar-refractivity contribution in [2.24, 2.45) is 5.41 Å². The molecule has 174 valence electrons. The van der Waals surface area contributed by atoms with E-state index in [0.717, 1.165) is 18.7 Å². The van der Waals surface area contributed by atoms with Gasteiger partial charge < -0.3 is 29.8 Å². The number of carbonyl (C=O) groups excluding carboxylic acids is 1. The van der Waals surface area contributed by atoms with Crippen molar-refractivity contribution in [1.29, 1.82) is 0 Å². The molecule has 0 radical (unpaired) electrons. The molecule has 0 spiro atoms. The SMILES string of the molecule is Cc1cc(Nc2ccn[nH]2)nc(N2C[C@@H]3[C@@H](C2)OC(C(C)(C)C(F)(F)F)CN3C(=O)[O-])n1. The van der Waals surface area contributed by atoms with Crippen molar-refractivity contribution in [3.63, 3.8) is 0 Å². The minimum atomic E-state index is -4.56. The lowest BCUT2D eigenvalue weighted by Gasteiger charge is -2.47. The number of aromatic amines is 1. The summed E-state index contributed by atoms with van der Waals surface area (Å²) in [6.07, 6.45) is -6.65. The minimum Gasteiger partial charge on any atom is -0.530 e. The van der Waals surface area contributed by atoms with Crippen LogP contribution in [0.4, 0.5) is 35.5 Å². The molecule has 10 nitrogen and oxygen atoms in total. The molecule has 0 aliphatic carbocycles. The van der Waals surface area contributed by atoms with E-state index >= 15 is 0 Å². The van der Waals surface area contributed by atoms with Gasteiger partial charge in [0.25, 0.3) is 0 Å². The Hall–Kier alpha value is -3.09. The van der Waals surface area contributed by atoms with Crippen LogP contribution in [0.25, 0.3) is 0 Å². The zero-order valence-corrected chi connectivity index (χ0v) is 17.7. The van der Waals surface area contributed by atoms with Gasteiger partial charge in [0.15, 0.2) is 0 Å². The Balaban J connectivity index is 1.58. The van der Waals surface area contributed by atoms with Crippen molar-refractivity contribution in [2.45, 2.75) is 45.2 Å². The molecule has 2 N–H and O–H groups in total. The van der Waals surface area contributed by atoms with Crippen LogP contribution in [0, 0.1) is 12.3 Å². The number of nitrogens with one attached hydrogen (secondary N) is 2. The summed E-state index contributed by atoms with van der Waals surface area (Å²) in [6, 6.07) is 2.75. The smallest absolute Gasteiger partial charge is 0.396 e. The fraction of sp³-hybridized carbons (Fsp3) is 0.579. The van der Waals surface area contributed by atoms with Crippen molar-refractivity contribution < 1.29 is 27.8 Å². The third kappa shape index (κ3) is 4.04. The van der Waals surface area contributed by atoms with Crippen LogP contribution in [0.3, 0.4) is 0 Å². The molecule has 0 aromatic carbocycles. The molecular formula is C19H23F3N7O3-. The number of carboxylic acid groups (broad SMARTS) is 1.